The van der Waals surface area contributed by atoms with Gasteiger partial charge in [0.25, 0.3) is 0 Å². The molecule has 1 aromatic carbocycles. The highest BCUT2D eigenvalue weighted by Gasteiger charge is 2.25. The number of aliphatic carboxylic acids is 1. The van der Waals surface area contributed by atoms with Crippen molar-refractivity contribution < 1.29 is 14.7 Å². The molecule has 1 saturated carbocycles. The molecule has 1 amide bonds. The highest BCUT2D eigenvalue weighted by Crippen LogP contribution is 2.33. The molecular weight excluding hydrogens is 230 g/mol. The molecule has 4 nitrogen and oxygen atoms in total. The Morgan fingerprint density at radius 2 is 1.94 bits per heavy atom. The molecule has 1 aromatic rings. The molecule has 1 aliphatic carbocycles. The van der Waals surface area contributed by atoms with E-state index in [1.165, 1.54) is 12.8 Å². The summed E-state index contributed by atoms with van der Waals surface area (Å²) in [4.78, 5) is 22.9. The van der Waals surface area contributed by atoms with E-state index in [0.717, 1.165) is 6.42 Å². The molecule has 1 fully saturated rings. The van der Waals surface area contributed by atoms with E-state index in [1.807, 2.05) is 6.07 Å². The number of hydrogen-bond donors (Lipinski definition) is 2. The fraction of sp³-hybridized carbons (Fsp3) is 0.429. The van der Waals surface area contributed by atoms with E-state index in [-0.39, 0.29) is 5.91 Å². The van der Waals surface area contributed by atoms with Crippen LogP contribution in [-0.2, 0) is 9.59 Å². The lowest BCUT2D eigenvalue weighted by Crippen LogP contribution is -2.33. The third kappa shape index (κ3) is 3.58. The van der Waals surface area contributed by atoms with Crippen molar-refractivity contribution in [2.24, 2.45) is 5.92 Å². The maximum atomic E-state index is 11.7. The first kappa shape index (κ1) is 12.6. The quantitative estimate of drug-likeness (QED) is 0.809. The molecule has 1 unspecified atom stereocenters. The second kappa shape index (κ2) is 5.67. The van der Waals surface area contributed by atoms with Gasteiger partial charge in [-0.25, -0.2) is 4.79 Å². The van der Waals surface area contributed by atoms with Crippen LogP contribution in [0.4, 0.5) is 0 Å². The first-order valence-corrected chi connectivity index (χ1v) is 6.24. The molecule has 0 radical (unpaired) electrons. The number of nitrogens with one attached hydrogen (secondary N) is 1. The zero-order valence-corrected chi connectivity index (χ0v) is 10.1. The summed E-state index contributed by atoms with van der Waals surface area (Å²) >= 11 is 0. The van der Waals surface area contributed by atoms with Crippen LogP contribution in [0.2, 0.25) is 0 Å². The first-order chi connectivity index (χ1) is 8.66. The van der Waals surface area contributed by atoms with Crippen molar-refractivity contribution in [3.63, 3.8) is 0 Å². The van der Waals surface area contributed by atoms with E-state index in [1.54, 1.807) is 24.3 Å². The van der Waals surface area contributed by atoms with E-state index < -0.39 is 12.0 Å². The largest absolute Gasteiger partial charge is 0.479 e. The minimum atomic E-state index is -1.03. The average Bonchev–Trinajstić information content (AvgIpc) is 3.18. The van der Waals surface area contributed by atoms with Crippen LogP contribution in [0.1, 0.15) is 37.3 Å². The zero-order valence-electron chi connectivity index (χ0n) is 10.1. The molecule has 96 valence electrons. The molecule has 1 atom stereocenters. The van der Waals surface area contributed by atoms with Gasteiger partial charge in [0.15, 0.2) is 6.04 Å². The van der Waals surface area contributed by atoms with Gasteiger partial charge < -0.3 is 10.4 Å². The van der Waals surface area contributed by atoms with Crippen molar-refractivity contribution in [1.82, 2.24) is 5.32 Å². The van der Waals surface area contributed by atoms with Crippen molar-refractivity contribution in [3.05, 3.63) is 35.9 Å². The van der Waals surface area contributed by atoms with Crippen molar-refractivity contribution in [1.29, 1.82) is 0 Å². The molecule has 18 heavy (non-hydrogen) atoms. The Labute approximate surface area is 106 Å². The monoisotopic (exact) mass is 247 g/mol. The average molecular weight is 247 g/mol. The van der Waals surface area contributed by atoms with E-state index in [0.29, 0.717) is 17.9 Å². The van der Waals surface area contributed by atoms with Gasteiger partial charge in [0, 0.05) is 6.42 Å². The van der Waals surface area contributed by atoms with Crippen LogP contribution in [0, 0.1) is 5.92 Å². The highest BCUT2D eigenvalue weighted by molar-refractivity contribution is 5.84. The van der Waals surface area contributed by atoms with Crippen LogP contribution in [-0.4, -0.2) is 17.0 Å². The molecular formula is C14H17NO3. The Balaban J connectivity index is 1.93. The predicted molar refractivity (Wildman–Crippen MR) is 66.9 cm³/mol. The van der Waals surface area contributed by atoms with Gasteiger partial charge in [0.05, 0.1) is 0 Å². The van der Waals surface area contributed by atoms with Gasteiger partial charge >= 0.3 is 5.97 Å². The van der Waals surface area contributed by atoms with E-state index >= 15 is 0 Å². The number of rotatable bonds is 6. The second-order valence-corrected chi connectivity index (χ2v) is 4.73. The summed E-state index contributed by atoms with van der Waals surface area (Å²) in [6, 6.07) is 7.82. The molecule has 0 heterocycles. The third-order valence-electron chi connectivity index (χ3n) is 3.16. The SMILES string of the molecule is O=C(CCC1CC1)NC(C(=O)O)c1ccccc1. The fourth-order valence-electron chi connectivity index (χ4n) is 1.91. The van der Waals surface area contributed by atoms with Crippen LogP contribution >= 0.6 is 0 Å². The molecule has 0 aliphatic heterocycles. The zero-order chi connectivity index (χ0) is 13.0. The summed E-state index contributed by atoms with van der Waals surface area (Å²) in [6.07, 6.45) is 3.69. The first-order valence-electron chi connectivity index (χ1n) is 6.24. The normalized spacial score (nSPS) is 16.0. The smallest absolute Gasteiger partial charge is 0.330 e. The molecule has 0 spiro atoms. The Bertz CT molecular complexity index is 426. The van der Waals surface area contributed by atoms with Crippen LogP contribution in [0.3, 0.4) is 0 Å². The molecule has 0 saturated heterocycles. The molecule has 0 bridgehead atoms. The van der Waals surface area contributed by atoms with Crippen LogP contribution < -0.4 is 5.32 Å². The van der Waals surface area contributed by atoms with Crippen LogP contribution in [0.25, 0.3) is 0 Å². The van der Waals surface area contributed by atoms with Crippen LogP contribution in [0.15, 0.2) is 30.3 Å². The van der Waals surface area contributed by atoms with E-state index in [4.69, 9.17) is 5.11 Å². The number of carboxylic acid groups (broad SMARTS) is 1. The molecule has 2 N–H and O–H groups in total. The Morgan fingerprint density at radius 1 is 1.28 bits per heavy atom. The second-order valence-electron chi connectivity index (χ2n) is 4.73. The third-order valence-corrected chi connectivity index (χ3v) is 3.16. The summed E-state index contributed by atoms with van der Waals surface area (Å²) in [5, 5.41) is 11.7. The number of carbonyl (C=O) groups excluding carboxylic acids is 1. The lowest BCUT2D eigenvalue weighted by Gasteiger charge is -2.14. The number of hydrogen-bond acceptors (Lipinski definition) is 2. The predicted octanol–water partition coefficient (Wildman–Crippen LogP) is 2.12. The Hall–Kier alpha value is -1.84. The summed E-state index contributed by atoms with van der Waals surface area (Å²) in [6.45, 7) is 0. The Kier molecular flexibility index (Phi) is 3.97. The van der Waals surface area contributed by atoms with Crippen molar-refractivity contribution in [2.75, 3.05) is 0 Å². The molecule has 0 aromatic heterocycles. The summed E-state index contributed by atoms with van der Waals surface area (Å²) in [7, 11) is 0. The minimum absolute atomic E-state index is 0.182. The van der Waals surface area contributed by atoms with Gasteiger partial charge in [-0.05, 0) is 17.9 Å². The van der Waals surface area contributed by atoms with Gasteiger partial charge in [-0.15, -0.1) is 0 Å². The van der Waals surface area contributed by atoms with Crippen molar-refractivity contribution >= 4 is 11.9 Å². The lowest BCUT2D eigenvalue weighted by atomic mass is 10.1. The maximum Gasteiger partial charge on any atom is 0.330 e. The van der Waals surface area contributed by atoms with E-state index in [9.17, 15) is 9.59 Å². The number of benzene rings is 1. The fourth-order valence-corrected chi connectivity index (χ4v) is 1.91. The van der Waals surface area contributed by atoms with Crippen molar-refractivity contribution in [2.45, 2.75) is 31.7 Å². The van der Waals surface area contributed by atoms with Crippen molar-refractivity contribution in [3.8, 4) is 0 Å². The highest BCUT2D eigenvalue weighted by atomic mass is 16.4. The molecule has 1 aliphatic rings. The van der Waals surface area contributed by atoms with Gasteiger partial charge in [-0.2, -0.15) is 0 Å². The van der Waals surface area contributed by atoms with Crippen LogP contribution in [0.5, 0.6) is 0 Å². The van der Waals surface area contributed by atoms with Gasteiger partial charge in [-0.3, -0.25) is 4.79 Å². The number of carbonyl (C=O) groups is 2. The summed E-state index contributed by atoms with van der Waals surface area (Å²) < 4.78 is 0. The lowest BCUT2D eigenvalue weighted by molar-refractivity contribution is -0.142. The molecule has 2 rings (SSSR count). The van der Waals surface area contributed by atoms with Gasteiger partial charge in [0.2, 0.25) is 5.91 Å². The van der Waals surface area contributed by atoms with Gasteiger partial charge in [-0.1, -0.05) is 43.2 Å². The summed E-state index contributed by atoms with van der Waals surface area (Å²) in [5.74, 6) is -0.533. The maximum absolute atomic E-state index is 11.7. The number of amides is 1. The topological polar surface area (TPSA) is 66.4 Å². The Morgan fingerprint density at radius 3 is 2.50 bits per heavy atom. The summed E-state index contributed by atoms with van der Waals surface area (Å²) in [5.41, 5.74) is 0.602. The van der Waals surface area contributed by atoms with E-state index in [2.05, 4.69) is 5.32 Å². The van der Waals surface area contributed by atoms with Gasteiger partial charge in [0.1, 0.15) is 0 Å². The number of carboxylic acids is 1. The standard InChI is InChI=1S/C14H17NO3/c16-12(9-8-10-6-7-10)15-13(14(17)18)11-4-2-1-3-5-11/h1-5,10,13H,6-9H2,(H,15,16)(H,17,18). The molecule has 4 heteroatoms. The minimum Gasteiger partial charge on any atom is -0.479 e.